The van der Waals surface area contributed by atoms with Crippen molar-refractivity contribution in [2.24, 2.45) is 0 Å². The van der Waals surface area contributed by atoms with Crippen LogP contribution in [0, 0.1) is 0 Å². The molecular weight excluding hydrogens is 292 g/mol. The van der Waals surface area contributed by atoms with Gasteiger partial charge in [0.05, 0.1) is 15.5 Å². The zero-order valence-corrected chi connectivity index (χ0v) is 11.5. The SMILES string of the molecule is CCS(=O)(=O)c1ccc(C(Br)C(C)=O)cc1. The van der Waals surface area contributed by atoms with E-state index in [9.17, 15) is 13.2 Å². The van der Waals surface area contributed by atoms with E-state index < -0.39 is 9.84 Å². The number of ketones is 1. The van der Waals surface area contributed by atoms with Gasteiger partial charge in [-0.3, -0.25) is 4.79 Å². The zero-order chi connectivity index (χ0) is 12.3. The third kappa shape index (κ3) is 2.92. The minimum atomic E-state index is -3.16. The van der Waals surface area contributed by atoms with Crippen molar-refractivity contribution in [3.63, 3.8) is 0 Å². The summed E-state index contributed by atoms with van der Waals surface area (Å²) in [5.41, 5.74) is 0.766. The summed E-state index contributed by atoms with van der Waals surface area (Å²) in [4.78, 5) is 11.0. The second-order valence-corrected chi connectivity index (χ2v) is 6.64. The Morgan fingerprint density at radius 1 is 1.31 bits per heavy atom. The first kappa shape index (κ1) is 13.4. The van der Waals surface area contributed by atoms with Crippen LogP contribution < -0.4 is 0 Å². The Morgan fingerprint density at radius 2 is 1.81 bits per heavy atom. The summed E-state index contributed by atoms with van der Waals surface area (Å²) >= 11 is 3.24. The molecule has 1 atom stereocenters. The first-order valence-electron chi connectivity index (χ1n) is 4.85. The van der Waals surface area contributed by atoms with Crippen molar-refractivity contribution in [2.45, 2.75) is 23.6 Å². The number of alkyl halides is 1. The first-order chi connectivity index (χ1) is 7.38. The predicted octanol–water partition coefficient (Wildman–Crippen LogP) is 2.51. The minimum absolute atomic E-state index is 0.00824. The van der Waals surface area contributed by atoms with Crippen molar-refractivity contribution in [1.29, 1.82) is 0 Å². The lowest BCUT2D eigenvalue weighted by molar-refractivity contribution is -0.116. The molecule has 1 aromatic rings. The van der Waals surface area contributed by atoms with Gasteiger partial charge >= 0.3 is 0 Å². The highest BCUT2D eigenvalue weighted by molar-refractivity contribution is 9.09. The van der Waals surface area contributed by atoms with Crippen molar-refractivity contribution in [3.8, 4) is 0 Å². The van der Waals surface area contributed by atoms with Crippen LogP contribution in [0.15, 0.2) is 29.2 Å². The maximum absolute atomic E-state index is 11.5. The predicted molar refractivity (Wildman–Crippen MR) is 66.5 cm³/mol. The molecular formula is C11H13BrO3S. The average molecular weight is 305 g/mol. The maximum Gasteiger partial charge on any atom is 0.178 e. The molecule has 1 unspecified atom stereocenters. The van der Waals surface area contributed by atoms with Gasteiger partial charge in [0.1, 0.15) is 5.78 Å². The average Bonchev–Trinajstić information content (AvgIpc) is 2.28. The van der Waals surface area contributed by atoms with Gasteiger partial charge in [0, 0.05) is 0 Å². The summed E-state index contributed by atoms with van der Waals surface area (Å²) in [6.07, 6.45) is 0. The molecule has 0 radical (unpaired) electrons. The number of benzene rings is 1. The van der Waals surface area contributed by atoms with Crippen molar-refractivity contribution in [1.82, 2.24) is 0 Å². The van der Waals surface area contributed by atoms with E-state index in [1.54, 1.807) is 19.1 Å². The van der Waals surface area contributed by atoms with Crippen LogP contribution in [0.2, 0.25) is 0 Å². The zero-order valence-electron chi connectivity index (χ0n) is 9.10. The number of carbonyl (C=O) groups is 1. The molecule has 0 saturated carbocycles. The fourth-order valence-corrected chi connectivity index (χ4v) is 2.43. The van der Waals surface area contributed by atoms with Crippen LogP contribution in [0.5, 0.6) is 0 Å². The summed E-state index contributed by atoms with van der Waals surface area (Å²) in [6, 6.07) is 6.38. The number of rotatable bonds is 4. The van der Waals surface area contributed by atoms with E-state index in [0.717, 1.165) is 5.56 Å². The Kier molecular flexibility index (Phi) is 4.27. The van der Waals surface area contributed by atoms with Gasteiger partial charge in [-0.25, -0.2) is 8.42 Å². The van der Waals surface area contributed by atoms with E-state index in [4.69, 9.17) is 0 Å². The molecule has 0 N–H and O–H groups in total. The Hall–Kier alpha value is -0.680. The van der Waals surface area contributed by atoms with Crippen molar-refractivity contribution < 1.29 is 13.2 Å². The van der Waals surface area contributed by atoms with Crippen LogP contribution in [0.25, 0.3) is 0 Å². The number of hydrogen-bond donors (Lipinski definition) is 0. The van der Waals surface area contributed by atoms with Crippen LogP contribution in [-0.4, -0.2) is 20.0 Å². The number of hydrogen-bond acceptors (Lipinski definition) is 3. The lowest BCUT2D eigenvalue weighted by Crippen LogP contribution is -2.05. The first-order valence-corrected chi connectivity index (χ1v) is 7.42. The van der Waals surface area contributed by atoms with Gasteiger partial charge < -0.3 is 0 Å². The van der Waals surface area contributed by atoms with Gasteiger partial charge in [-0.2, -0.15) is 0 Å². The topological polar surface area (TPSA) is 51.2 Å². The van der Waals surface area contributed by atoms with Gasteiger partial charge in [0.15, 0.2) is 9.84 Å². The molecule has 0 fully saturated rings. The summed E-state index contributed by atoms with van der Waals surface area (Å²) in [7, 11) is -3.16. The minimum Gasteiger partial charge on any atom is -0.298 e. The third-order valence-electron chi connectivity index (χ3n) is 2.27. The monoisotopic (exact) mass is 304 g/mol. The fourth-order valence-electron chi connectivity index (χ4n) is 1.25. The molecule has 5 heteroatoms. The lowest BCUT2D eigenvalue weighted by Gasteiger charge is -2.07. The molecule has 0 aliphatic heterocycles. The van der Waals surface area contributed by atoms with Crippen molar-refractivity contribution in [3.05, 3.63) is 29.8 Å². The van der Waals surface area contributed by atoms with Crippen LogP contribution in [0.1, 0.15) is 24.2 Å². The van der Waals surface area contributed by atoms with Crippen molar-refractivity contribution in [2.75, 3.05) is 5.75 Å². The standard InChI is InChI=1S/C11H13BrO3S/c1-3-16(14,15)10-6-4-9(5-7-10)11(12)8(2)13/h4-7,11H,3H2,1-2H3. The molecule has 1 rings (SSSR count). The van der Waals surface area contributed by atoms with E-state index in [0.29, 0.717) is 4.90 Å². The van der Waals surface area contributed by atoms with Gasteiger partial charge in [0.25, 0.3) is 0 Å². The van der Waals surface area contributed by atoms with Gasteiger partial charge in [-0.15, -0.1) is 0 Å². The van der Waals surface area contributed by atoms with Crippen LogP contribution >= 0.6 is 15.9 Å². The Morgan fingerprint density at radius 3 is 2.19 bits per heavy atom. The molecule has 1 aromatic carbocycles. The normalized spacial score (nSPS) is 13.4. The van der Waals surface area contributed by atoms with E-state index in [1.165, 1.54) is 19.1 Å². The molecule has 0 aliphatic rings. The Labute approximate surface area is 104 Å². The third-order valence-corrected chi connectivity index (χ3v) is 5.19. The van der Waals surface area contributed by atoms with Gasteiger partial charge in [0.2, 0.25) is 0 Å². The molecule has 0 heterocycles. The quantitative estimate of drug-likeness (QED) is 0.803. The van der Waals surface area contributed by atoms with Gasteiger partial charge in [-0.1, -0.05) is 35.0 Å². The highest BCUT2D eigenvalue weighted by Crippen LogP contribution is 2.24. The highest BCUT2D eigenvalue weighted by Gasteiger charge is 2.15. The molecule has 0 aliphatic carbocycles. The van der Waals surface area contributed by atoms with Crippen LogP contribution in [-0.2, 0) is 14.6 Å². The fraction of sp³-hybridized carbons (Fsp3) is 0.364. The second kappa shape index (κ2) is 5.10. The summed E-state index contributed by atoms with van der Waals surface area (Å²) in [5, 5.41) is 0. The number of sulfone groups is 1. The molecule has 88 valence electrons. The maximum atomic E-state index is 11.5. The smallest absolute Gasteiger partial charge is 0.178 e. The number of Topliss-reactive ketones (excluding diaryl/α,β-unsaturated/α-hetero) is 1. The molecule has 0 amide bonds. The lowest BCUT2D eigenvalue weighted by atomic mass is 10.1. The summed E-state index contributed by atoms with van der Waals surface area (Å²) in [5.74, 6) is 0.0719. The van der Waals surface area contributed by atoms with E-state index in [1.807, 2.05) is 0 Å². The number of halogens is 1. The molecule has 16 heavy (non-hydrogen) atoms. The summed E-state index contributed by atoms with van der Waals surface area (Å²) in [6.45, 7) is 3.09. The van der Waals surface area contributed by atoms with Crippen LogP contribution in [0.4, 0.5) is 0 Å². The summed E-state index contributed by atoms with van der Waals surface area (Å²) < 4.78 is 23.1. The molecule has 0 saturated heterocycles. The molecule has 0 spiro atoms. The van der Waals surface area contributed by atoms with E-state index in [-0.39, 0.29) is 16.4 Å². The van der Waals surface area contributed by atoms with E-state index >= 15 is 0 Å². The van der Waals surface area contributed by atoms with Crippen LogP contribution in [0.3, 0.4) is 0 Å². The van der Waals surface area contributed by atoms with Gasteiger partial charge in [-0.05, 0) is 24.6 Å². The van der Waals surface area contributed by atoms with Crippen molar-refractivity contribution >= 4 is 31.6 Å². The van der Waals surface area contributed by atoms with E-state index in [2.05, 4.69) is 15.9 Å². The molecule has 0 bridgehead atoms. The second-order valence-electron chi connectivity index (χ2n) is 3.45. The Balaban J connectivity index is 3.05. The molecule has 3 nitrogen and oxygen atoms in total. The molecule has 0 aromatic heterocycles. The Bertz CT molecular complexity index is 476. The highest BCUT2D eigenvalue weighted by atomic mass is 79.9. The number of carbonyl (C=O) groups excluding carboxylic acids is 1. The largest absolute Gasteiger partial charge is 0.298 e.